The summed E-state index contributed by atoms with van der Waals surface area (Å²) < 4.78 is 0. The first-order valence-electron chi connectivity index (χ1n) is 7.42. The lowest BCUT2D eigenvalue weighted by molar-refractivity contribution is 0.577. The Morgan fingerprint density at radius 1 is 1.00 bits per heavy atom. The third-order valence-electron chi connectivity index (χ3n) is 3.59. The van der Waals surface area contributed by atoms with Gasteiger partial charge in [-0.2, -0.15) is 0 Å². The molecule has 16 heavy (non-hydrogen) atoms. The van der Waals surface area contributed by atoms with E-state index in [9.17, 15) is 0 Å². The zero-order valence-electron chi connectivity index (χ0n) is 11.3. The quantitative estimate of drug-likeness (QED) is 0.480. The predicted molar refractivity (Wildman–Crippen MR) is 73.4 cm³/mol. The molecule has 0 aliphatic carbocycles. The number of unbranched alkanes of at least 4 members (excludes halogenated alkanes) is 5. The van der Waals surface area contributed by atoms with Crippen LogP contribution in [0.1, 0.15) is 84.5 Å². The lowest BCUT2D eigenvalue weighted by Gasteiger charge is -2.03. The van der Waals surface area contributed by atoms with Crippen molar-refractivity contribution in [1.82, 2.24) is 0 Å². The first-order valence-corrected chi connectivity index (χ1v) is 7.42. The summed E-state index contributed by atoms with van der Waals surface area (Å²) in [4.78, 5) is 4.86. The van der Waals surface area contributed by atoms with Crippen molar-refractivity contribution in [3.63, 3.8) is 0 Å². The van der Waals surface area contributed by atoms with Gasteiger partial charge in [0.05, 0.1) is 6.04 Å². The van der Waals surface area contributed by atoms with Crippen molar-refractivity contribution in [1.29, 1.82) is 0 Å². The van der Waals surface area contributed by atoms with Gasteiger partial charge in [0.1, 0.15) is 0 Å². The minimum absolute atomic E-state index is 0.686. The second-order valence-electron chi connectivity index (χ2n) is 5.19. The van der Waals surface area contributed by atoms with Crippen molar-refractivity contribution in [3.05, 3.63) is 0 Å². The van der Waals surface area contributed by atoms with Gasteiger partial charge in [0, 0.05) is 5.71 Å². The summed E-state index contributed by atoms with van der Waals surface area (Å²) in [5.41, 5.74) is 1.53. The molecule has 0 N–H and O–H groups in total. The van der Waals surface area contributed by atoms with Crippen molar-refractivity contribution >= 4 is 5.71 Å². The van der Waals surface area contributed by atoms with Gasteiger partial charge in [-0.15, -0.1) is 0 Å². The van der Waals surface area contributed by atoms with E-state index >= 15 is 0 Å². The number of nitrogens with zero attached hydrogens (tertiary/aromatic N) is 1. The normalized spacial score (nSPS) is 20.1. The van der Waals surface area contributed by atoms with E-state index in [1.165, 1.54) is 76.3 Å². The molecule has 1 aliphatic heterocycles. The van der Waals surface area contributed by atoms with Crippen LogP contribution >= 0.6 is 0 Å². The van der Waals surface area contributed by atoms with Crippen molar-refractivity contribution in [2.45, 2.75) is 90.5 Å². The van der Waals surface area contributed by atoms with E-state index in [0.29, 0.717) is 6.04 Å². The van der Waals surface area contributed by atoms with Crippen LogP contribution in [0, 0.1) is 0 Å². The van der Waals surface area contributed by atoms with E-state index in [1.807, 2.05) is 0 Å². The van der Waals surface area contributed by atoms with E-state index in [0.717, 1.165) is 0 Å². The van der Waals surface area contributed by atoms with Crippen molar-refractivity contribution in [2.24, 2.45) is 4.99 Å². The SMILES string of the molecule is CCCCCCCC1=NC(CCCC)CC1. The van der Waals surface area contributed by atoms with Crippen LogP contribution in [0.2, 0.25) is 0 Å². The van der Waals surface area contributed by atoms with Gasteiger partial charge in [-0.1, -0.05) is 52.4 Å². The highest BCUT2D eigenvalue weighted by atomic mass is 14.8. The van der Waals surface area contributed by atoms with Crippen LogP contribution in [-0.2, 0) is 0 Å². The van der Waals surface area contributed by atoms with E-state index in [4.69, 9.17) is 4.99 Å². The van der Waals surface area contributed by atoms with Crippen LogP contribution in [0.15, 0.2) is 4.99 Å². The average Bonchev–Trinajstić information content (AvgIpc) is 2.74. The molecule has 0 aromatic rings. The molecule has 0 aromatic heterocycles. The number of hydrogen-bond donors (Lipinski definition) is 0. The Bertz CT molecular complexity index is 196. The molecule has 0 radical (unpaired) electrons. The third kappa shape index (κ3) is 5.67. The highest BCUT2D eigenvalue weighted by molar-refractivity contribution is 5.86. The molecule has 1 aliphatic rings. The average molecular weight is 223 g/mol. The van der Waals surface area contributed by atoms with Gasteiger partial charge >= 0.3 is 0 Å². The number of rotatable bonds is 9. The molecule has 1 nitrogen and oxygen atoms in total. The maximum atomic E-state index is 4.86. The van der Waals surface area contributed by atoms with Crippen molar-refractivity contribution < 1.29 is 0 Å². The Labute approximate surface area is 102 Å². The fourth-order valence-electron chi connectivity index (χ4n) is 2.49. The molecule has 0 spiro atoms. The molecule has 1 unspecified atom stereocenters. The fourth-order valence-corrected chi connectivity index (χ4v) is 2.49. The van der Waals surface area contributed by atoms with Crippen molar-refractivity contribution in [2.75, 3.05) is 0 Å². The largest absolute Gasteiger partial charge is 0.291 e. The highest BCUT2D eigenvalue weighted by Crippen LogP contribution is 2.21. The Hall–Kier alpha value is -0.330. The van der Waals surface area contributed by atoms with Gasteiger partial charge in [0.25, 0.3) is 0 Å². The Kier molecular flexibility index (Phi) is 7.54. The molecular weight excluding hydrogens is 194 g/mol. The van der Waals surface area contributed by atoms with Crippen LogP contribution in [0.5, 0.6) is 0 Å². The monoisotopic (exact) mass is 223 g/mol. The predicted octanol–water partition coefficient (Wildman–Crippen LogP) is 5.14. The summed E-state index contributed by atoms with van der Waals surface area (Å²) in [6, 6.07) is 0.686. The molecule has 0 saturated heterocycles. The summed E-state index contributed by atoms with van der Waals surface area (Å²) >= 11 is 0. The van der Waals surface area contributed by atoms with Gasteiger partial charge in [-0.05, 0) is 32.1 Å². The van der Waals surface area contributed by atoms with Crippen LogP contribution in [0.4, 0.5) is 0 Å². The molecular formula is C15H29N. The van der Waals surface area contributed by atoms with Gasteiger partial charge in [-0.3, -0.25) is 4.99 Å². The Balaban J connectivity index is 2.04. The lowest BCUT2D eigenvalue weighted by Crippen LogP contribution is -1.97. The lowest BCUT2D eigenvalue weighted by atomic mass is 10.0. The summed E-state index contributed by atoms with van der Waals surface area (Å²) in [5.74, 6) is 0. The summed E-state index contributed by atoms with van der Waals surface area (Å²) in [5, 5.41) is 0. The maximum Gasteiger partial charge on any atom is 0.0502 e. The van der Waals surface area contributed by atoms with E-state index in [1.54, 1.807) is 0 Å². The van der Waals surface area contributed by atoms with Crippen LogP contribution < -0.4 is 0 Å². The fraction of sp³-hybridized carbons (Fsp3) is 0.933. The molecule has 0 amide bonds. The minimum atomic E-state index is 0.686. The van der Waals surface area contributed by atoms with Gasteiger partial charge in [-0.25, -0.2) is 0 Å². The van der Waals surface area contributed by atoms with Crippen molar-refractivity contribution in [3.8, 4) is 0 Å². The standard InChI is InChI=1S/C15H29N/c1-3-5-7-8-9-11-15-13-12-14(16-15)10-6-4-2/h14H,3-13H2,1-2H3. The van der Waals surface area contributed by atoms with Gasteiger partial charge < -0.3 is 0 Å². The van der Waals surface area contributed by atoms with Crippen LogP contribution in [0.25, 0.3) is 0 Å². The summed E-state index contributed by atoms with van der Waals surface area (Å²) in [7, 11) is 0. The molecule has 1 heterocycles. The summed E-state index contributed by atoms with van der Waals surface area (Å²) in [6.45, 7) is 4.55. The summed E-state index contributed by atoms with van der Waals surface area (Å²) in [6.07, 6.45) is 14.9. The van der Waals surface area contributed by atoms with Crippen LogP contribution in [0.3, 0.4) is 0 Å². The van der Waals surface area contributed by atoms with E-state index < -0.39 is 0 Å². The second-order valence-corrected chi connectivity index (χ2v) is 5.19. The van der Waals surface area contributed by atoms with Gasteiger partial charge in [0.2, 0.25) is 0 Å². The van der Waals surface area contributed by atoms with Crippen LogP contribution in [-0.4, -0.2) is 11.8 Å². The molecule has 0 fully saturated rings. The first kappa shape index (κ1) is 13.7. The third-order valence-corrected chi connectivity index (χ3v) is 3.59. The first-order chi connectivity index (χ1) is 7.86. The highest BCUT2D eigenvalue weighted by Gasteiger charge is 2.15. The molecule has 94 valence electrons. The second kappa shape index (κ2) is 8.78. The smallest absolute Gasteiger partial charge is 0.0502 e. The molecule has 1 heteroatoms. The minimum Gasteiger partial charge on any atom is -0.291 e. The molecule has 0 bridgehead atoms. The van der Waals surface area contributed by atoms with Gasteiger partial charge in [0.15, 0.2) is 0 Å². The Morgan fingerprint density at radius 2 is 1.75 bits per heavy atom. The zero-order chi connectivity index (χ0) is 11.6. The maximum absolute atomic E-state index is 4.86. The topological polar surface area (TPSA) is 12.4 Å². The molecule has 0 aromatic carbocycles. The number of hydrogen-bond acceptors (Lipinski definition) is 1. The molecule has 0 saturated carbocycles. The van der Waals surface area contributed by atoms with E-state index in [2.05, 4.69) is 13.8 Å². The van der Waals surface area contributed by atoms with E-state index in [-0.39, 0.29) is 0 Å². The Morgan fingerprint density at radius 3 is 2.50 bits per heavy atom. The molecule has 1 atom stereocenters. The zero-order valence-corrected chi connectivity index (χ0v) is 11.3. The number of aliphatic imine (C=N–C) groups is 1. The molecule has 1 rings (SSSR count).